The van der Waals surface area contributed by atoms with Gasteiger partial charge in [0.25, 0.3) is 0 Å². The standard InChI is InChI=1S/C12H21N/c1-12(2,3)9-7-10-5-4-6-11(8-9)13-10/h7,10-11,13H,4-6,8H2,1-3H3. The maximum Gasteiger partial charge on any atom is 0.0255 e. The summed E-state index contributed by atoms with van der Waals surface area (Å²) in [4.78, 5) is 0. The summed E-state index contributed by atoms with van der Waals surface area (Å²) in [6.07, 6.45) is 7.89. The molecule has 13 heavy (non-hydrogen) atoms. The number of fused-ring (bicyclic) bond motifs is 2. The highest BCUT2D eigenvalue weighted by atomic mass is 15.0. The first-order valence-electron chi connectivity index (χ1n) is 5.53. The predicted octanol–water partition coefficient (Wildman–Crippen LogP) is 2.87. The van der Waals surface area contributed by atoms with Gasteiger partial charge in [0.1, 0.15) is 0 Å². The van der Waals surface area contributed by atoms with Crippen LogP contribution >= 0.6 is 0 Å². The van der Waals surface area contributed by atoms with Crippen LogP contribution in [0.4, 0.5) is 0 Å². The van der Waals surface area contributed by atoms with E-state index in [0.29, 0.717) is 11.5 Å². The van der Waals surface area contributed by atoms with Crippen molar-refractivity contribution in [3.05, 3.63) is 11.6 Å². The van der Waals surface area contributed by atoms with E-state index >= 15 is 0 Å². The Morgan fingerprint density at radius 1 is 1.31 bits per heavy atom. The minimum absolute atomic E-state index is 0.385. The third-order valence-corrected chi connectivity index (χ3v) is 3.35. The lowest BCUT2D eigenvalue weighted by atomic mass is 9.76. The summed E-state index contributed by atoms with van der Waals surface area (Å²) in [6.45, 7) is 7.00. The molecule has 0 aromatic carbocycles. The molecule has 1 fully saturated rings. The van der Waals surface area contributed by atoms with Gasteiger partial charge in [0, 0.05) is 12.1 Å². The van der Waals surface area contributed by atoms with Gasteiger partial charge in [-0.1, -0.05) is 38.8 Å². The molecule has 2 heterocycles. The van der Waals surface area contributed by atoms with E-state index in [2.05, 4.69) is 32.2 Å². The van der Waals surface area contributed by atoms with Crippen LogP contribution in [-0.2, 0) is 0 Å². The van der Waals surface area contributed by atoms with Gasteiger partial charge in [-0.15, -0.1) is 0 Å². The largest absolute Gasteiger partial charge is 0.307 e. The monoisotopic (exact) mass is 179 g/mol. The second kappa shape index (κ2) is 3.13. The van der Waals surface area contributed by atoms with Crippen LogP contribution in [0.1, 0.15) is 46.5 Å². The number of rotatable bonds is 0. The Bertz CT molecular complexity index is 222. The van der Waals surface area contributed by atoms with E-state index < -0.39 is 0 Å². The van der Waals surface area contributed by atoms with Crippen LogP contribution in [0.2, 0.25) is 0 Å². The fourth-order valence-corrected chi connectivity index (χ4v) is 2.48. The van der Waals surface area contributed by atoms with E-state index in [9.17, 15) is 0 Å². The number of hydrogen-bond donors (Lipinski definition) is 1. The lowest BCUT2D eigenvalue weighted by Gasteiger charge is -2.39. The molecule has 1 N–H and O–H groups in total. The van der Waals surface area contributed by atoms with Crippen LogP contribution in [0.5, 0.6) is 0 Å². The molecule has 1 nitrogen and oxygen atoms in total. The number of piperidine rings is 1. The predicted molar refractivity (Wildman–Crippen MR) is 56.7 cm³/mol. The van der Waals surface area contributed by atoms with Crippen molar-refractivity contribution in [1.29, 1.82) is 0 Å². The fourth-order valence-electron chi connectivity index (χ4n) is 2.48. The topological polar surface area (TPSA) is 12.0 Å². The first-order valence-corrected chi connectivity index (χ1v) is 5.53. The average Bonchev–Trinajstić information content (AvgIpc) is 2.01. The Kier molecular flexibility index (Phi) is 2.23. The molecule has 1 saturated heterocycles. The third kappa shape index (κ3) is 1.96. The maximum absolute atomic E-state index is 3.68. The first-order chi connectivity index (χ1) is 6.05. The molecule has 2 atom stereocenters. The molecule has 2 aliphatic rings. The van der Waals surface area contributed by atoms with Crippen molar-refractivity contribution in [2.45, 2.75) is 58.5 Å². The van der Waals surface area contributed by atoms with Crippen molar-refractivity contribution in [2.24, 2.45) is 5.41 Å². The molecular formula is C12H21N. The van der Waals surface area contributed by atoms with Gasteiger partial charge in [-0.05, 0) is 24.7 Å². The molecule has 0 aromatic heterocycles. The Morgan fingerprint density at radius 2 is 2.08 bits per heavy atom. The van der Waals surface area contributed by atoms with Crippen LogP contribution in [0.15, 0.2) is 11.6 Å². The lowest BCUT2D eigenvalue weighted by molar-refractivity contribution is 0.308. The molecule has 0 spiro atoms. The Morgan fingerprint density at radius 3 is 2.69 bits per heavy atom. The normalized spacial score (nSPS) is 34.2. The average molecular weight is 179 g/mol. The van der Waals surface area contributed by atoms with E-state index in [0.717, 1.165) is 6.04 Å². The highest BCUT2D eigenvalue weighted by Gasteiger charge is 2.29. The zero-order chi connectivity index (χ0) is 9.47. The van der Waals surface area contributed by atoms with Crippen LogP contribution < -0.4 is 5.32 Å². The van der Waals surface area contributed by atoms with Gasteiger partial charge in [-0.3, -0.25) is 0 Å². The maximum atomic E-state index is 3.68. The summed E-state index contributed by atoms with van der Waals surface area (Å²) in [6, 6.07) is 1.46. The molecule has 0 aliphatic carbocycles. The highest BCUT2D eigenvalue weighted by molar-refractivity contribution is 5.20. The van der Waals surface area contributed by atoms with Gasteiger partial charge in [0.05, 0.1) is 0 Å². The van der Waals surface area contributed by atoms with Crippen molar-refractivity contribution in [1.82, 2.24) is 5.32 Å². The summed E-state index contributed by atoms with van der Waals surface area (Å²) < 4.78 is 0. The van der Waals surface area contributed by atoms with Crippen molar-refractivity contribution in [2.75, 3.05) is 0 Å². The van der Waals surface area contributed by atoms with Gasteiger partial charge in [-0.25, -0.2) is 0 Å². The van der Waals surface area contributed by atoms with Gasteiger partial charge >= 0.3 is 0 Å². The minimum atomic E-state index is 0.385. The van der Waals surface area contributed by atoms with Gasteiger partial charge in [0.15, 0.2) is 0 Å². The van der Waals surface area contributed by atoms with Crippen LogP contribution in [0.25, 0.3) is 0 Å². The summed E-state index contributed by atoms with van der Waals surface area (Å²) >= 11 is 0. The second-order valence-electron chi connectivity index (χ2n) is 5.55. The molecule has 0 amide bonds. The van der Waals surface area contributed by atoms with Gasteiger partial charge < -0.3 is 5.32 Å². The molecule has 2 aliphatic heterocycles. The van der Waals surface area contributed by atoms with E-state index in [1.54, 1.807) is 5.57 Å². The number of hydrogen-bond acceptors (Lipinski definition) is 1. The van der Waals surface area contributed by atoms with Crippen molar-refractivity contribution >= 4 is 0 Å². The van der Waals surface area contributed by atoms with Crippen LogP contribution in [0.3, 0.4) is 0 Å². The van der Waals surface area contributed by atoms with E-state index in [1.165, 1.54) is 25.7 Å². The first kappa shape index (κ1) is 9.26. The Labute approximate surface area is 81.6 Å². The lowest BCUT2D eigenvalue weighted by Crippen LogP contribution is -2.45. The van der Waals surface area contributed by atoms with Crippen LogP contribution in [0, 0.1) is 5.41 Å². The summed E-state index contributed by atoms with van der Waals surface area (Å²) in [5, 5.41) is 3.68. The Hall–Kier alpha value is -0.300. The van der Waals surface area contributed by atoms with E-state index in [-0.39, 0.29) is 0 Å². The summed E-state index contributed by atoms with van der Waals surface area (Å²) in [5.74, 6) is 0. The molecule has 2 rings (SSSR count). The summed E-state index contributed by atoms with van der Waals surface area (Å²) in [5.41, 5.74) is 2.05. The van der Waals surface area contributed by atoms with Crippen LogP contribution in [-0.4, -0.2) is 12.1 Å². The summed E-state index contributed by atoms with van der Waals surface area (Å²) in [7, 11) is 0. The van der Waals surface area contributed by atoms with Crippen molar-refractivity contribution < 1.29 is 0 Å². The molecular weight excluding hydrogens is 158 g/mol. The zero-order valence-electron chi connectivity index (χ0n) is 9.06. The molecule has 0 saturated carbocycles. The molecule has 0 radical (unpaired) electrons. The fraction of sp³-hybridized carbons (Fsp3) is 0.833. The minimum Gasteiger partial charge on any atom is -0.307 e. The molecule has 0 aromatic rings. The molecule has 74 valence electrons. The quantitative estimate of drug-likeness (QED) is 0.564. The van der Waals surface area contributed by atoms with E-state index in [1.807, 2.05) is 0 Å². The molecule has 2 unspecified atom stereocenters. The van der Waals surface area contributed by atoms with E-state index in [4.69, 9.17) is 0 Å². The smallest absolute Gasteiger partial charge is 0.0255 e. The third-order valence-electron chi connectivity index (χ3n) is 3.35. The molecule has 2 bridgehead atoms. The highest BCUT2D eigenvalue weighted by Crippen LogP contribution is 2.35. The van der Waals surface area contributed by atoms with Gasteiger partial charge in [-0.2, -0.15) is 0 Å². The Balaban J connectivity index is 2.17. The SMILES string of the molecule is CC(C)(C)C1=CC2CCCC(C1)N2. The van der Waals surface area contributed by atoms with Crippen molar-refractivity contribution in [3.8, 4) is 0 Å². The van der Waals surface area contributed by atoms with Gasteiger partial charge in [0.2, 0.25) is 0 Å². The van der Waals surface area contributed by atoms with Crippen molar-refractivity contribution in [3.63, 3.8) is 0 Å². The number of nitrogens with one attached hydrogen (secondary N) is 1. The molecule has 1 heteroatoms. The zero-order valence-corrected chi connectivity index (χ0v) is 9.06. The second-order valence-corrected chi connectivity index (χ2v) is 5.55.